The Labute approximate surface area is 110 Å². The second-order valence-corrected chi connectivity index (χ2v) is 3.68. The predicted molar refractivity (Wildman–Crippen MR) is 66.2 cm³/mol. The fourth-order valence-corrected chi connectivity index (χ4v) is 1.54. The van der Waals surface area contributed by atoms with E-state index in [1.54, 1.807) is 30.3 Å². The molecule has 0 aliphatic heterocycles. The minimum atomic E-state index is -0.599. The number of pyridine rings is 1. The van der Waals surface area contributed by atoms with Gasteiger partial charge >= 0.3 is 0 Å². The van der Waals surface area contributed by atoms with E-state index in [0.717, 1.165) is 0 Å². The standard InChI is InChI=1S/C14H11FN2O2/c1-18-14-7-2-4-10(17-14)9-19-13-6-3-5-12(15)11(13)8-16/h2-7H,9H2,1H3. The topological polar surface area (TPSA) is 55.1 Å². The van der Waals surface area contributed by atoms with Gasteiger partial charge in [-0.3, -0.25) is 0 Å². The highest BCUT2D eigenvalue weighted by Crippen LogP contribution is 2.21. The van der Waals surface area contributed by atoms with Crippen LogP contribution >= 0.6 is 0 Å². The molecule has 2 aromatic rings. The van der Waals surface area contributed by atoms with Gasteiger partial charge in [-0.15, -0.1) is 0 Å². The Hall–Kier alpha value is -2.61. The van der Waals surface area contributed by atoms with Gasteiger partial charge in [-0.25, -0.2) is 9.37 Å². The molecule has 1 aromatic heterocycles. The first-order valence-corrected chi connectivity index (χ1v) is 5.56. The fraction of sp³-hybridized carbons (Fsp3) is 0.143. The third-order valence-electron chi connectivity index (χ3n) is 2.45. The summed E-state index contributed by atoms with van der Waals surface area (Å²) in [6, 6.07) is 11.3. The van der Waals surface area contributed by atoms with E-state index >= 15 is 0 Å². The second-order valence-electron chi connectivity index (χ2n) is 3.68. The van der Waals surface area contributed by atoms with Crippen molar-refractivity contribution in [2.24, 2.45) is 0 Å². The minimum Gasteiger partial charge on any atom is -0.486 e. The van der Waals surface area contributed by atoms with E-state index in [2.05, 4.69) is 4.98 Å². The van der Waals surface area contributed by atoms with Crippen molar-refractivity contribution in [3.05, 3.63) is 53.5 Å². The molecule has 0 bridgehead atoms. The predicted octanol–water partition coefficient (Wildman–Crippen LogP) is 2.68. The number of aromatic nitrogens is 1. The summed E-state index contributed by atoms with van der Waals surface area (Å²) in [4.78, 5) is 4.16. The van der Waals surface area contributed by atoms with Crippen molar-refractivity contribution >= 4 is 0 Å². The molecule has 96 valence electrons. The molecule has 4 nitrogen and oxygen atoms in total. The van der Waals surface area contributed by atoms with Gasteiger partial charge in [-0.05, 0) is 18.2 Å². The van der Waals surface area contributed by atoms with Gasteiger partial charge in [-0.2, -0.15) is 5.26 Å². The van der Waals surface area contributed by atoms with Crippen molar-refractivity contribution in [1.82, 2.24) is 4.98 Å². The maximum atomic E-state index is 13.4. The number of ether oxygens (including phenoxy) is 2. The highest BCUT2D eigenvalue weighted by molar-refractivity contribution is 5.43. The third kappa shape index (κ3) is 2.99. The number of nitriles is 1. The van der Waals surface area contributed by atoms with Crippen LogP contribution in [0.5, 0.6) is 11.6 Å². The van der Waals surface area contributed by atoms with Gasteiger partial charge in [0.2, 0.25) is 5.88 Å². The Morgan fingerprint density at radius 1 is 1.26 bits per heavy atom. The van der Waals surface area contributed by atoms with Gasteiger partial charge in [-0.1, -0.05) is 12.1 Å². The summed E-state index contributed by atoms with van der Waals surface area (Å²) >= 11 is 0. The molecule has 0 N–H and O–H groups in total. The largest absolute Gasteiger partial charge is 0.486 e. The van der Waals surface area contributed by atoms with E-state index in [1.165, 1.54) is 19.2 Å². The quantitative estimate of drug-likeness (QED) is 0.846. The van der Waals surface area contributed by atoms with Crippen LogP contribution in [0.4, 0.5) is 4.39 Å². The fourth-order valence-electron chi connectivity index (χ4n) is 1.54. The van der Waals surface area contributed by atoms with Crippen molar-refractivity contribution in [1.29, 1.82) is 5.26 Å². The van der Waals surface area contributed by atoms with Crippen molar-refractivity contribution in [2.45, 2.75) is 6.61 Å². The molecule has 0 aliphatic rings. The molecular formula is C14H11FN2O2. The molecule has 19 heavy (non-hydrogen) atoms. The third-order valence-corrected chi connectivity index (χ3v) is 2.45. The molecule has 0 spiro atoms. The van der Waals surface area contributed by atoms with Crippen LogP contribution in [0.15, 0.2) is 36.4 Å². The molecule has 1 aromatic carbocycles. The molecule has 5 heteroatoms. The van der Waals surface area contributed by atoms with E-state index < -0.39 is 5.82 Å². The lowest BCUT2D eigenvalue weighted by atomic mass is 10.2. The summed E-state index contributed by atoms with van der Waals surface area (Å²) in [5.41, 5.74) is 0.526. The Morgan fingerprint density at radius 3 is 2.79 bits per heavy atom. The number of hydrogen-bond acceptors (Lipinski definition) is 4. The van der Waals surface area contributed by atoms with Crippen LogP contribution in [0.2, 0.25) is 0 Å². The molecular weight excluding hydrogens is 247 g/mol. The van der Waals surface area contributed by atoms with Gasteiger partial charge < -0.3 is 9.47 Å². The van der Waals surface area contributed by atoms with Crippen LogP contribution < -0.4 is 9.47 Å². The molecule has 1 heterocycles. The first-order chi connectivity index (χ1) is 9.24. The number of methoxy groups -OCH3 is 1. The van der Waals surface area contributed by atoms with E-state index in [-0.39, 0.29) is 17.9 Å². The van der Waals surface area contributed by atoms with Crippen LogP contribution in [0.25, 0.3) is 0 Å². The highest BCUT2D eigenvalue weighted by Gasteiger charge is 2.09. The molecule has 0 unspecified atom stereocenters. The molecule has 0 saturated heterocycles. The van der Waals surface area contributed by atoms with Gasteiger partial charge in [0.1, 0.15) is 29.8 Å². The van der Waals surface area contributed by atoms with Gasteiger partial charge in [0.25, 0.3) is 0 Å². The SMILES string of the molecule is COc1cccc(COc2cccc(F)c2C#N)n1. The average molecular weight is 258 g/mol. The second kappa shape index (κ2) is 5.83. The zero-order chi connectivity index (χ0) is 13.7. The Balaban J connectivity index is 2.15. The monoisotopic (exact) mass is 258 g/mol. The maximum absolute atomic E-state index is 13.4. The summed E-state index contributed by atoms with van der Waals surface area (Å²) in [6.45, 7) is 0.134. The van der Waals surface area contributed by atoms with Gasteiger partial charge in [0.05, 0.1) is 12.8 Å². The molecule has 0 amide bonds. The van der Waals surface area contributed by atoms with E-state index in [0.29, 0.717) is 11.6 Å². The molecule has 0 atom stereocenters. The summed E-state index contributed by atoms with van der Waals surface area (Å²) < 4.78 is 23.8. The van der Waals surface area contributed by atoms with Gasteiger partial charge in [0.15, 0.2) is 0 Å². The van der Waals surface area contributed by atoms with E-state index in [9.17, 15) is 4.39 Å². The zero-order valence-corrected chi connectivity index (χ0v) is 10.3. The average Bonchev–Trinajstić information content (AvgIpc) is 2.45. The number of benzene rings is 1. The first-order valence-electron chi connectivity index (χ1n) is 5.56. The zero-order valence-electron chi connectivity index (χ0n) is 10.3. The molecule has 0 fully saturated rings. The van der Waals surface area contributed by atoms with Gasteiger partial charge in [0, 0.05) is 6.07 Å². The summed E-state index contributed by atoms with van der Waals surface area (Å²) in [5.74, 6) is 0.0755. The summed E-state index contributed by atoms with van der Waals surface area (Å²) in [7, 11) is 1.52. The number of halogens is 1. The Morgan fingerprint density at radius 2 is 2.05 bits per heavy atom. The normalized spacial score (nSPS) is 9.74. The van der Waals surface area contributed by atoms with Crippen LogP contribution in [-0.4, -0.2) is 12.1 Å². The maximum Gasteiger partial charge on any atom is 0.213 e. The number of hydrogen-bond donors (Lipinski definition) is 0. The lowest BCUT2D eigenvalue weighted by Gasteiger charge is -2.08. The Bertz CT molecular complexity index is 623. The lowest BCUT2D eigenvalue weighted by Crippen LogP contribution is -2.01. The van der Waals surface area contributed by atoms with Crippen molar-refractivity contribution in [3.63, 3.8) is 0 Å². The van der Waals surface area contributed by atoms with Crippen LogP contribution in [0.1, 0.15) is 11.3 Å². The highest BCUT2D eigenvalue weighted by atomic mass is 19.1. The van der Waals surface area contributed by atoms with Crippen molar-refractivity contribution < 1.29 is 13.9 Å². The first kappa shape index (κ1) is 12.8. The lowest BCUT2D eigenvalue weighted by molar-refractivity contribution is 0.295. The molecule has 0 aliphatic carbocycles. The number of rotatable bonds is 4. The summed E-state index contributed by atoms with van der Waals surface area (Å²) in [5, 5.41) is 8.87. The Kier molecular flexibility index (Phi) is 3.94. The molecule has 0 saturated carbocycles. The van der Waals surface area contributed by atoms with E-state index in [4.69, 9.17) is 14.7 Å². The van der Waals surface area contributed by atoms with Crippen molar-refractivity contribution in [2.75, 3.05) is 7.11 Å². The molecule has 0 radical (unpaired) electrons. The minimum absolute atomic E-state index is 0.106. The molecule has 2 rings (SSSR count). The smallest absolute Gasteiger partial charge is 0.213 e. The van der Waals surface area contributed by atoms with Crippen LogP contribution in [-0.2, 0) is 6.61 Å². The number of nitrogens with zero attached hydrogens (tertiary/aromatic N) is 2. The summed E-state index contributed by atoms with van der Waals surface area (Å²) in [6.07, 6.45) is 0. The van der Waals surface area contributed by atoms with Crippen molar-refractivity contribution in [3.8, 4) is 17.7 Å². The van der Waals surface area contributed by atoms with E-state index in [1.807, 2.05) is 0 Å². The van der Waals surface area contributed by atoms with Crippen LogP contribution in [0, 0.1) is 17.1 Å². The van der Waals surface area contributed by atoms with Crippen LogP contribution in [0.3, 0.4) is 0 Å².